The first kappa shape index (κ1) is 89.0. The lowest BCUT2D eigenvalue weighted by Crippen LogP contribution is -2.62. The van der Waals surface area contributed by atoms with Crippen molar-refractivity contribution in [1.82, 2.24) is 69.1 Å². The van der Waals surface area contributed by atoms with Crippen molar-refractivity contribution in [1.29, 1.82) is 0 Å². The van der Waals surface area contributed by atoms with E-state index in [1.807, 2.05) is 0 Å². The highest BCUT2D eigenvalue weighted by molar-refractivity contribution is 7.98. The Balaban J connectivity index is 2.42. The number of aliphatic hydroxyl groups excluding tert-OH is 3. The van der Waals surface area contributed by atoms with Crippen LogP contribution in [0.4, 0.5) is 0 Å². The highest BCUT2D eigenvalue weighted by Crippen LogP contribution is 2.16. The molecule has 0 aromatic heterocycles. The number of nitrogens with one attached hydrogen (secondary N) is 13. The van der Waals surface area contributed by atoms with Gasteiger partial charge >= 0.3 is 17.9 Å². The average molecular weight is 1480 g/mol. The molecule has 103 heavy (non-hydrogen) atoms. The van der Waals surface area contributed by atoms with Crippen LogP contribution in [0.2, 0.25) is 0 Å². The zero-order valence-electron chi connectivity index (χ0n) is 58.6. The fourth-order valence-electron chi connectivity index (χ4n) is 9.48. The van der Waals surface area contributed by atoms with Crippen molar-refractivity contribution >= 4 is 106 Å². The molecule has 572 valence electrons. The van der Waals surface area contributed by atoms with Crippen molar-refractivity contribution in [2.75, 3.05) is 31.8 Å². The Bertz CT molecular complexity index is 3260. The first-order valence-corrected chi connectivity index (χ1v) is 34.3. The van der Waals surface area contributed by atoms with Crippen LogP contribution in [-0.2, 0) is 89.6 Å². The van der Waals surface area contributed by atoms with Gasteiger partial charge in [0.1, 0.15) is 78.3 Å². The number of aliphatic hydroxyl groups is 3. The molecule has 0 saturated heterocycles. The second kappa shape index (κ2) is 45.0. The number of carbonyl (C=O) groups is 16. The number of aliphatic carboxylic acids is 3. The lowest BCUT2D eigenvalue weighted by atomic mass is 9.96. The number of carboxylic acid groups (broad SMARTS) is 3. The molecule has 22 N–H and O–H groups in total. The maximum atomic E-state index is 14.4. The molecule has 0 heterocycles. The average Bonchev–Trinajstić information content (AvgIpc) is 0.851. The normalized spacial score (nSPS) is 15.7. The van der Waals surface area contributed by atoms with Crippen LogP contribution in [-0.4, -0.2) is 247 Å². The van der Waals surface area contributed by atoms with Crippen LogP contribution in [0, 0.1) is 11.8 Å². The summed E-state index contributed by atoms with van der Waals surface area (Å²) in [5, 5.41) is 101. The summed E-state index contributed by atoms with van der Waals surface area (Å²) in [6.45, 7) is 8.09. The second-order valence-corrected chi connectivity index (χ2v) is 25.5. The molecule has 13 amide bonds. The topological polar surface area (TPSA) is 597 Å². The molecule has 0 radical (unpaired) electrons. The van der Waals surface area contributed by atoms with E-state index in [1.54, 1.807) is 57.4 Å². The van der Waals surface area contributed by atoms with E-state index in [9.17, 15) is 112 Å². The summed E-state index contributed by atoms with van der Waals surface area (Å²) in [7, 11) is 0. The lowest BCUT2D eigenvalue weighted by Gasteiger charge is -2.29. The van der Waals surface area contributed by atoms with Crippen LogP contribution in [0.15, 0.2) is 54.6 Å². The summed E-state index contributed by atoms with van der Waals surface area (Å²) in [5.74, 6) is -19.6. The van der Waals surface area contributed by atoms with Gasteiger partial charge in [0.15, 0.2) is 0 Å². The molecule has 38 heteroatoms. The van der Waals surface area contributed by atoms with Gasteiger partial charge in [0.25, 0.3) is 0 Å². The minimum Gasteiger partial charge on any atom is -0.508 e. The second-order valence-electron chi connectivity index (χ2n) is 24.5. The molecule has 0 aliphatic heterocycles. The van der Waals surface area contributed by atoms with Gasteiger partial charge in [-0.05, 0) is 87.6 Å². The number of phenolic OH excluding ortho intramolecular Hbond substituents is 1. The highest BCUT2D eigenvalue weighted by atomic mass is 32.2. The molecule has 37 nitrogen and oxygen atoms in total. The fourth-order valence-corrected chi connectivity index (χ4v) is 9.95. The Morgan fingerprint density at radius 3 is 1.31 bits per heavy atom. The standard InChI is InChI=1S/C65H98N14O23S/c1-10-31(3)50(62(98)69-35(7)55(91)71-41(65(101)102)23-24-103-9)79-61(97)46(30-81)75-57(93)42(26-38-17-19-39(83)20-18-38)72-58(94)44(27-49(87)88)73-60(96)45(29-80)76-63(99)51(32(4)11-2)78-59(95)43(25-37-15-13-12-14-16-37)74-64(100)52(36(8)82)77-47(84)28-67-56(92)40(21-22-48(85)86)70-54(90)34(6)68-53(89)33(5)66/h12-20,31-36,40-46,50-52,80-83H,10-11,21-30,66H2,1-9H3,(H,67,92)(H,68,89)(H,69,98)(H,70,90)(H,71,91)(H,72,94)(H,73,96)(H,74,100)(H,75,93)(H,76,99)(H,77,84)(H,78,95)(H,79,97)(H,85,86)(H,87,88)(H,101,102)/t31-,32-,33-,34-,35-,36+,40-,41-,42-,43-,44-,45-,46-,50-,51-,52-/m0/s1. The van der Waals surface area contributed by atoms with Crippen molar-refractivity contribution in [3.8, 4) is 5.75 Å². The largest absolute Gasteiger partial charge is 0.508 e. The molecule has 0 aliphatic carbocycles. The Morgan fingerprint density at radius 1 is 0.437 bits per heavy atom. The molecule has 0 spiro atoms. The smallest absolute Gasteiger partial charge is 0.326 e. The number of rotatable bonds is 46. The summed E-state index contributed by atoms with van der Waals surface area (Å²) >= 11 is 1.35. The maximum absolute atomic E-state index is 14.4. The van der Waals surface area contributed by atoms with Crippen molar-refractivity contribution < 1.29 is 112 Å². The van der Waals surface area contributed by atoms with Gasteiger partial charge in [0.2, 0.25) is 76.8 Å². The van der Waals surface area contributed by atoms with Crippen LogP contribution in [0.5, 0.6) is 5.75 Å². The number of thioether (sulfide) groups is 1. The number of hydrogen-bond donors (Lipinski definition) is 21. The van der Waals surface area contributed by atoms with Gasteiger partial charge < -0.3 is 111 Å². The first-order valence-electron chi connectivity index (χ1n) is 33.0. The molecule has 0 unspecified atom stereocenters. The number of benzene rings is 2. The lowest BCUT2D eigenvalue weighted by molar-refractivity contribution is -0.142. The first-order chi connectivity index (χ1) is 48.4. The Kier molecular flexibility index (Phi) is 38.9. The SMILES string of the molecule is CC[C@H](C)[C@H](NC(=O)[C@H](CO)NC(=O)[C@H](Cc1ccc(O)cc1)NC(=O)[C@H](CC(=O)O)NC(=O)[C@H](CO)NC(=O)[C@@H](NC(=O)[C@H](Cc1ccccc1)NC(=O)[C@@H](NC(=O)CNC(=O)[C@H](CCC(=O)O)NC(=O)[C@H](C)NC(=O)[C@H](C)N)[C@@H](C)O)[C@@H](C)CC)C(=O)N[C@@H](C)C(=O)N[C@@H](CCSC)C(=O)O. The molecular weight excluding hydrogens is 1380 g/mol. The summed E-state index contributed by atoms with van der Waals surface area (Å²) in [5.41, 5.74) is 6.22. The predicted octanol–water partition coefficient (Wildman–Crippen LogP) is -5.87. The zero-order valence-corrected chi connectivity index (χ0v) is 59.4. The van der Waals surface area contributed by atoms with Crippen LogP contribution in [0.1, 0.15) is 105 Å². The number of phenols is 1. The van der Waals surface area contributed by atoms with Crippen molar-refractivity contribution in [3.63, 3.8) is 0 Å². The minimum atomic E-state index is -2.12. The molecule has 2 rings (SSSR count). The summed E-state index contributed by atoms with van der Waals surface area (Å²) in [4.78, 5) is 213. The molecule has 0 saturated carbocycles. The molecular formula is C65H98N14O23S. The van der Waals surface area contributed by atoms with Gasteiger partial charge in [-0.25, -0.2) is 4.79 Å². The minimum absolute atomic E-state index is 0.0764. The van der Waals surface area contributed by atoms with E-state index < -0.39 is 237 Å². The van der Waals surface area contributed by atoms with E-state index in [-0.39, 0.29) is 37.0 Å². The third-order valence-electron chi connectivity index (χ3n) is 16.1. The van der Waals surface area contributed by atoms with Gasteiger partial charge in [0, 0.05) is 19.3 Å². The van der Waals surface area contributed by atoms with E-state index in [0.29, 0.717) is 11.3 Å². The van der Waals surface area contributed by atoms with Crippen molar-refractivity contribution in [3.05, 3.63) is 65.7 Å². The van der Waals surface area contributed by atoms with Crippen LogP contribution in [0.3, 0.4) is 0 Å². The molecule has 2 aromatic rings. The van der Waals surface area contributed by atoms with E-state index >= 15 is 0 Å². The van der Waals surface area contributed by atoms with Crippen molar-refractivity contribution in [2.45, 2.75) is 191 Å². The predicted molar refractivity (Wildman–Crippen MR) is 368 cm³/mol. The Hall–Kier alpha value is -10.0. The number of carbonyl (C=O) groups excluding carboxylic acids is 13. The molecule has 16 atom stereocenters. The summed E-state index contributed by atoms with van der Waals surface area (Å²) < 4.78 is 0. The van der Waals surface area contributed by atoms with Crippen LogP contribution in [0.25, 0.3) is 0 Å². The zero-order chi connectivity index (χ0) is 78.0. The number of aromatic hydroxyl groups is 1. The number of hydrogen-bond acceptors (Lipinski definition) is 22. The quantitative estimate of drug-likeness (QED) is 0.0294. The monoisotopic (exact) mass is 1470 g/mol. The third kappa shape index (κ3) is 31.4. The van der Waals surface area contributed by atoms with Gasteiger partial charge in [-0.2, -0.15) is 11.8 Å². The Labute approximate surface area is 598 Å². The molecule has 0 fully saturated rings. The van der Waals surface area contributed by atoms with Gasteiger partial charge in [-0.1, -0.05) is 83.0 Å². The fraction of sp³-hybridized carbons (Fsp3) is 0.569. The van der Waals surface area contributed by atoms with Crippen LogP contribution >= 0.6 is 11.8 Å². The Morgan fingerprint density at radius 2 is 0.845 bits per heavy atom. The third-order valence-corrected chi connectivity index (χ3v) is 16.7. The number of carboxylic acids is 3. The maximum Gasteiger partial charge on any atom is 0.326 e. The summed E-state index contributed by atoms with van der Waals surface area (Å²) in [6.07, 6.45) is -2.55. The van der Waals surface area contributed by atoms with Gasteiger partial charge in [-0.3, -0.25) is 71.9 Å². The van der Waals surface area contributed by atoms with Crippen LogP contribution < -0.4 is 74.9 Å². The number of nitrogens with two attached hydrogens (primary N) is 1. The molecule has 2 aromatic carbocycles. The van der Waals surface area contributed by atoms with E-state index in [2.05, 4.69) is 69.1 Å². The molecule has 0 aliphatic rings. The highest BCUT2D eigenvalue weighted by Gasteiger charge is 2.39. The van der Waals surface area contributed by atoms with E-state index in [4.69, 9.17) is 5.73 Å². The summed E-state index contributed by atoms with van der Waals surface area (Å²) in [6, 6.07) is -7.59. The van der Waals surface area contributed by atoms with Gasteiger partial charge in [-0.15, -0.1) is 0 Å². The van der Waals surface area contributed by atoms with E-state index in [0.717, 1.165) is 6.92 Å². The molecule has 0 bridgehead atoms. The number of amides is 13. The van der Waals surface area contributed by atoms with Crippen molar-refractivity contribution in [2.24, 2.45) is 17.6 Å². The van der Waals surface area contributed by atoms with E-state index in [1.165, 1.54) is 63.7 Å². The van der Waals surface area contributed by atoms with Gasteiger partial charge in [0.05, 0.1) is 38.3 Å².